The second-order valence-electron chi connectivity index (χ2n) is 0.192. The fraction of sp³-hybridized carbons (Fsp3) is 0. The minimum absolute atomic E-state index is 0. The smallest absolute Gasteiger partial charge is 0.152 e. The standard InChI is InChI=1S/F3P.Pd/c1-4(2)3;/q;+2. The van der Waals surface area contributed by atoms with Crippen LogP contribution in [-0.4, -0.2) is 0 Å². The van der Waals surface area contributed by atoms with Gasteiger partial charge in [0.05, 0.1) is 0 Å². The van der Waals surface area contributed by atoms with Crippen LogP contribution < -0.4 is 0 Å². The average molecular weight is 194 g/mol. The molecular formula is F3PPd+2. The van der Waals surface area contributed by atoms with Gasteiger partial charge in [-0.25, -0.2) is 0 Å². The number of rotatable bonds is 0. The monoisotopic (exact) mass is 194 g/mol. The summed E-state index contributed by atoms with van der Waals surface area (Å²) < 4.78 is 29.2. The first kappa shape index (κ1) is 9.30. The van der Waals surface area contributed by atoms with Crippen LogP contribution in [0.5, 0.6) is 0 Å². The molecule has 0 amide bonds. The van der Waals surface area contributed by atoms with Crippen LogP contribution in [0.25, 0.3) is 0 Å². The van der Waals surface area contributed by atoms with E-state index in [0.29, 0.717) is 0 Å². The van der Waals surface area contributed by atoms with E-state index in [4.69, 9.17) is 0 Å². The first-order valence-electron chi connectivity index (χ1n) is 0.507. The molecule has 0 aromatic heterocycles. The maximum atomic E-state index is 9.73. The predicted octanol–water partition coefficient (Wildman–Crippen LogP) is 2.12. The third-order valence-electron chi connectivity index (χ3n) is 0. The summed E-state index contributed by atoms with van der Waals surface area (Å²) in [5.41, 5.74) is 0. The van der Waals surface area contributed by atoms with Crippen LogP contribution in [-0.2, 0) is 20.4 Å². The van der Waals surface area contributed by atoms with Crippen molar-refractivity contribution in [3.05, 3.63) is 0 Å². The Hall–Kier alpha value is 0.882. The van der Waals surface area contributed by atoms with Crippen LogP contribution in [0.4, 0.5) is 12.6 Å². The van der Waals surface area contributed by atoms with Gasteiger partial charge in [-0.1, -0.05) is 0 Å². The van der Waals surface area contributed by atoms with Gasteiger partial charge in [-0.05, 0) is 0 Å². The van der Waals surface area contributed by atoms with E-state index < -0.39 is 8.85 Å². The van der Waals surface area contributed by atoms with E-state index in [2.05, 4.69) is 0 Å². The Morgan fingerprint density at radius 3 is 1.00 bits per heavy atom. The van der Waals surface area contributed by atoms with Gasteiger partial charge in [0.25, 0.3) is 0 Å². The van der Waals surface area contributed by atoms with Gasteiger partial charge in [-0.15, -0.1) is 0 Å². The van der Waals surface area contributed by atoms with Crippen molar-refractivity contribution in [3.63, 3.8) is 0 Å². The van der Waals surface area contributed by atoms with Crippen LogP contribution in [0.2, 0.25) is 0 Å². The molecule has 0 aromatic carbocycles. The zero-order chi connectivity index (χ0) is 3.58. The normalized spacial score (nSPS) is 7.20. The van der Waals surface area contributed by atoms with Crippen LogP contribution in [0.1, 0.15) is 0 Å². The molecule has 5 heavy (non-hydrogen) atoms. The Labute approximate surface area is 42.5 Å². The summed E-state index contributed by atoms with van der Waals surface area (Å²) in [5.74, 6) is 0. The van der Waals surface area contributed by atoms with E-state index in [1.54, 1.807) is 0 Å². The Bertz CT molecular complexity index is 11.6. The van der Waals surface area contributed by atoms with Crippen molar-refractivity contribution >= 4 is 8.85 Å². The Balaban J connectivity index is 0. The molecule has 0 heterocycles. The van der Waals surface area contributed by atoms with Gasteiger partial charge < -0.3 is 0 Å². The van der Waals surface area contributed by atoms with Crippen LogP contribution in [0.3, 0.4) is 0 Å². The minimum atomic E-state index is -4.12. The van der Waals surface area contributed by atoms with Gasteiger partial charge in [0.15, 0.2) is 0 Å². The maximum absolute atomic E-state index is 9.73. The Morgan fingerprint density at radius 2 is 1.00 bits per heavy atom. The maximum Gasteiger partial charge on any atom is 2.00 e. The summed E-state index contributed by atoms with van der Waals surface area (Å²) in [6, 6.07) is 0. The largest absolute Gasteiger partial charge is 2.00 e. The van der Waals surface area contributed by atoms with Gasteiger partial charge in [0, 0.05) is 0 Å². The predicted molar refractivity (Wildman–Crippen MR) is 10.2 cm³/mol. The third kappa shape index (κ3) is 52.1. The molecule has 0 saturated heterocycles. The van der Waals surface area contributed by atoms with Crippen molar-refractivity contribution in [2.75, 3.05) is 0 Å². The van der Waals surface area contributed by atoms with E-state index in [-0.39, 0.29) is 20.4 Å². The van der Waals surface area contributed by atoms with Crippen molar-refractivity contribution in [1.29, 1.82) is 0 Å². The molecule has 0 bridgehead atoms. The third-order valence-corrected chi connectivity index (χ3v) is 0. The zero-order valence-electron chi connectivity index (χ0n) is 1.90. The first-order chi connectivity index (χ1) is 1.73. The summed E-state index contributed by atoms with van der Waals surface area (Å²) in [5, 5.41) is 0. The molecule has 0 aliphatic carbocycles. The van der Waals surface area contributed by atoms with Gasteiger partial charge in [-0.2, -0.15) is 12.6 Å². The zero-order valence-corrected chi connectivity index (χ0v) is 4.35. The molecule has 0 unspecified atom stereocenters. The summed E-state index contributed by atoms with van der Waals surface area (Å²) in [4.78, 5) is 0. The quantitative estimate of drug-likeness (QED) is 0.409. The molecule has 0 fully saturated rings. The molecule has 0 nitrogen and oxygen atoms in total. The van der Waals surface area contributed by atoms with Gasteiger partial charge in [0.1, 0.15) is 0 Å². The van der Waals surface area contributed by atoms with E-state index >= 15 is 0 Å². The number of hydrogen-bond acceptors (Lipinski definition) is 0. The summed E-state index contributed by atoms with van der Waals surface area (Å²) >= 11 is 0. The summed E-state index contributed by atoms with van der Waals surface area (Å²) in [6.45, 7) is 0. The molecule has 0 radical (unpaired) electrons. The van der Waals surface area contributed by atoms with E-state index in [1.165, 1.54) is 0 Å². The summed E-state index contributed by atoms with van der Waals surface area (Å²) in [6.07, 6.45) is 0. The molecule has 0 atom stereocenters. The average Bonchev–Trinajstić information content (AvgIpc) is 0.811. The molecule has 0 spiro atoms. The van der Waals surface area contributed by atoms with Gasteiger partial charge in [-0.3, -0.25) is 0 Å². The fourth-order valence-corrected chi connectivity index (χ4v) is 0. The minimum Gasteiger partial charge on any atom is -0.152 e. The molecule has 0 aliphatic heterocycles. The van der Waals surface area contributed by atoms with Crippen molar-refractivity contribution in [2.24, 2.45) is 0 Å². The van der Waals surface area contributed by atoms with Gasteiger partial charge >= 0.3 is 29.3 Å². The first-order valence-corrected chi connectivity index (χ1v) is 1.52. The molecule has 0 N–H and O–H groups in total. The van der Waals surface area contributed by atoms with Crippen LogP contribution in [0, 0.1) is 0 Å². The van der Waals surface area contributed by atoms with E-state index in [1.807, 2.05) is 0 Å². The topological polar surface area (TPSA) is 0 Å². The molecular weight excluding hydrogens is 194 g/mol. The van der Waals surface area contributed by atoms with Gasteiger partial charge in [0.2, 0.25) is 0 Å². The molecule has 0 aromatic rings. The Kier molecular flexibility index (Phi) is 9.08. The molecule has 34 valence electrons. The van der Waals surface area contributed by atoms with E-state index in [9.17, 15) is 12.6 Å². The summed E-state index contributed by atoms with van der Waals surface area (Å²) in [7, 11) is -4.12. The fourth-order valence-electron chi connectivity index (χ4n) is 0. The van der Waals surface area contributed by atoms with Crippen molar-refractivity contribution in [3.8, 4) is 0 Å². The van der Waals surface area contributed by atoms with Crippen molar-refractivity contribution in [1.82, 2.24) is 0 Å². The Morgan fingerprint density at radius 1 is 1.00 bits per heavy atom. The molecule has 0 aliphatic rings. The molecule has 5 heteroatoms. The van der Waals surface area contributed by atoms with Crippen molar-refractivity contribution in [2.45, 2.75) is 0 Å². The second-order valence-corrected chi connectivity index (χ2v) is 0.575. The van der Waals surface area contributed by atoms with Crippen molar-refractivity contribution < 1.29 is 33.0 Å². The number of hydrogen-bond donors (Lipinski definition) is 0. The SMILES string of the molecule is FP(F)F.[Pd+2]. The second kappa shape index (κ2) is 4.88. The van der Waals surface area contributed by atoms with E-state index in [0.717, 1.165) is 0 Å². The number of halogens is 3. The van der Waals surface area contributed by atoms with Crippen LogP contribution >= 0.6 is 8.85 Å². The molecule has 0 saturated carbocycles. The van der Waals surface area contributed by atoms with Crippen LogP contribution in [0.15, 0.2) is 0 Å². The molecule has 0 rings (SSSR count).